The van der Waals surface area contributed by atoms with E-state index in [0.29, 0.717) is 42.9 Å². The van der Waals surface area contributed by atoms with Gasteiger partial charge in [0.2, 0.25) is 0 Å². The van der Waals surface area contributed by atoms with Gasteiger partial charge in [-0.1, -0.05) is 0 Å². The second-order valence-corrected chi connectivity index (χ2v) is 6.80. The predicted molar refractivity (Wildman–Crippen MR) is 105 cm³/mol. The highest BCUT2D eigenvalue weighted by atomic mass is 127. The van der Waals surface area contributed by atoms with Crippen molar-refractivity contribution < 1.29 is 13.9 Å². The lowest BCUT2D eigenvalue weighted by atomic mass is 9.82. The van der Waals surface area contributed by atoms with Gasteiger partial charge in [-0.2, -0.15) is 0 Å². The Morgan fingerprint density at radius 2 is 1.88 bits per heavy atom. The van der Waals surface area contributed by atoms with Crippen molar-refractivity contribution in [3.8, 4) is 5.75 Å². The van der Waals surface area contributed by atoms with Crippen molar-refractivity contribution in [3.05, 3.63) is 30.1 Å². The number of halogens is 2. The second-order valence-electron chi connectivity index (χ2n) is 6.80. The van der Waals surface area contributed by atoms with Crippen molar-refractivity contribution in [1.29, 1.82) is 0 Å². The van der Waals surface area contributed by atoms with E-state index < -0.39 is 0 Å². The molecule has 4 rings (SSSR count). The number of aliphatic imine (C=N–C) groups is 1. The van der Waals surface area contributed by atoms with Crippen molar-refractivity contribution in [2.24, 2.45) is 16.8 Å². The largest absolute Gasteiger partial charge is 0.492 e. The Morgan fingerprint density at radius 1 is 1.24 bits per heavy atom. The fourth-order valence-corrected chi connectivity index (χ4v) is 4.33. The van der Waals surface area contributed by atoms with Gasteiger partial charge in [-0.15, -0.1) is 24.0 Å². The summed E-state index contributed by atoms with van der Waals surface area (Å²) in [6.45, 7) is 3.24. The lowest BCUT2D eigenvalue weighted by Gasteiger charge is -2.23. The van der Waals surface area contributed by atoms with Crippen LogP contribution in [-0.4, -0.2) is 56.4 Å². The van der Waals surface area contributed by atoms with Crippen LogP contribution < -0.4 is 10.1 Å². The van der Waals surface area contributed by atoms with Gasteiger partial charge in [0, 0.05) is 32.0 Å². The summed E-state index contributed by atoms with van der Waals surface area (Å²) in [4.78, 5) is 6.76. The molecule has 138 valence electrons. The first-order valence-corrected chi connectivity index (χ1v) is 8.74. The van der Waals surface area contributed by atoms with E-state index in [2.05, 4.69) is 15.2 Å². The summed E-state index contributed by atoms with van der Waals surface area (Å²) in [7, 11) is 1.82. The van der Waals surface area contributed by atoms with E-state index in [0.717, 1.165) is 19.0 Å². The van der Waals surface area contributed by atoms with Crippen LogP contribution in [0.1, 0.15) is 12.8 Å². The van der Waals surface area contributed by atoms with Crippen LogP contribution in [0, 0.1) is 17.7 Å². The Balaban J connectivity index is 0.00000182. The summed E-state index contributed by atoms with van der Waals surface area (Å²) in [5, 5.41) is 3.37. The lowest BCUT2D eigenvalue weighted by molar-refractivity contribution is 0.0767. The Hall–Kier alpha value is -1.09. The predicted octanol–water partition coefficient (Wildman–Crippen LogP) is 2.51. The van der Waals surface area contributed by atoms with Crippen molar-refractivity contribution in [2.45, 2.75) is 25.0 Å². The third kappa shape index (κ3) is 3.86. The van der Waals surface area contributed by atoms with Crippen molar-refractivity contribution in [1.82, 2.24) is 10.2 Å². The average Bonchev–Trinajstić information content (AvgIpc) is 3.29. The van der Waals surface area contributed by atoms with Gasteiger partial charge >= 0.3 is 0 Å². The van der Waals surface area contributed by atoms with Gasteiger partial charge in [-0.05, 0) is 37.1 Å². The second kappa shape index (κ2) is 8.07. The number of nitrogens with zero attached hydrogens (tertiary/aromatic N) is 2. The van der Waals surface area contributed by atoms with Crippen LogP contribution >= 0.6 is 24.0 Å². The van der Waals surface area contributed by atoms with Crippen LogP contribution in [0.5, 0.6) is 5.75 Å². The molecule has 1 aromatic rings. The SMILES string of the molecule is CN=C(NCCOc1ccc(F)cc1)N1CC2C3CCC(O3)C2C1.I. The molecule has 1 N–H and O–H groups in total. The molecule has 4 atom stereocenters. The molecular weight excluding hydrogens is 436 g/mol. The Kier molecular flexibility index (Phi) is 6.04. The molecule has 0 aliphatic carbocycles. The highest BCUT2D eigenvalue weighted by Gasteiger charge is 2.53. The first-order chi connectivity index (χ1) is 11.7. The zero-order valence-electron chi connectivity index (χ0n) is 14.4. The summed E-state index contributed by atoms with van der Waals surface area (Å²) >= 11 is 0. The monoisotopic (exact) mass is 461 g/mol. The molecule has 0 spiro atoms. The fourth-order valence-electron chi connectivity index (χ4n) is 4.33. The van der Waals surface area contributed by atoms with Gasteiger partial charge < -0.3 is 19.7 Å². The summed E-state index contributed by atoms with van der Waals surface area (Å²) in [6.07, 6.45) is 3.36. The minimum atomic E-state index is -0.251. The van der Waals surface area contributed by atoms with Crippen LogP contribution in [0.4, 0.5) is 4.39 Å². The van der Waals surface area contributed by atoms with Crippen LogP contribution in [-0.2, 0) is 4.74 Å². The number of benzene rings is 1. The Bertz CT molecular complexity index is 595. The van der Waals surface area contributed by atoms with Crippen LogP contribution in [0.25, 0.3) is 0 Å². The fraction of sp³-hybridized carbons (Fsp3) is 0.611. The quantitative estimate of drug-likeness (QED) is 0.324. The van der Waals surface area contributed by atoms with E-state index in [1.807, 2.05) is 7.05 Å². The number of hydrogen-bond donors (Lipinski definition) is 1. The summed E-state index contributed by atoms with van der Waals surface area (Å²) < 4.78 is 24.5. The van der Waals surface area contributed by atoms with Crippen molar-refractivity contribution in [3.63, 3.8) is 0 Å². The molecule has 4 unspecified atom stereocenters. The molecule has 5 nitrogen and oxygen atoms in total. The van der Waals surface area contributed by atoms with Gasteiger partial charge in [-0.25, -0.2) is 4.39 Å². The summed E-state index contributed by atoms with van der Waals surface area (Å²) in [5.74, 6) is 2.69. The van der Waals surface area contributed by atoms with Crippen LogP contribution in [0.3, 0.4) is 0 Å². The molecule has 3 saturated heterocycles. The standard InChI is InChI=1S/C18H24FN3O2.HI/c1-20-18(21-8-9-23-13-4-2-12(19)3-5-13)22-10-14-15(11-22)17-7-6-16(14)24-17;/h2-5,14-17H,6-11H2,1H3,(H,20,21);1H. The van der Waals surface area contributed by atoms with Gasteiger partial charge in [0.1, 0.15) is 18.2 Å². The van der Waals surface area contributed by atoms with E-state index in [-0.39, 0.29) is 29.8 Å². The van der Waals surface area contributed by atoms with Gasteiger partial charge in [0.25, 0.3) is 0 Å². The molecule has 0 aromatic heterocycles. The maximum Gasteiger partial charge on any atom is 0.193 e. The highest BCUT2D eigenvalue weighted by molar-refractivity contribution is 14.0. The number of nitrogens with one attached hydrogen (secondary N) is 1. The molecule has 0 radical (unpaired) electrons. The Labute approximate surface area is 165 Å². The molecular formula is C18H25FIN3O2. The Morgan fingerprint density at radius 3 is 2.48 bits per heavy atom. The molecule has 0 saturated carbocycles. The maximum absolute atomic E-state index is 12.9. The molecule has 3 aliphatic rings. The molecule has 2 bridgehead atoms. The normalized spacial score (nSPS) is 30.2. The minimum absolute atomic E-state index is 0. The van der Waals surface area contributed by atoms with E-state index in [9.17, 15) is 4.39 Å². The summed E-state index contributed by atoms with van der Waals surface area (Å²) in [6, 6.07) is 6.09. The van der Waals surface area contributed by atoms with Crippen molar-refractivity contribution >= 4 is 29.9 Å². The van der Waals surface area contributed by atoms with Gasteiger partial charge in [0.05, 0.1) is 18.8 Å². The lowest BCUT2D eigenvalue weighted by Crippen LogP contribution is -2.42. The topological polar surface area (TPSA) is 46.1 Å². The van der Waals surface area contributed by atoms with Crippen LogP contribution in [0.15, 0.2) is 29.3 Å². The molecule has 3 fully saturated rings. The number of likely N-dealkylation sites (tertiary alicyclic amines) is 1. The molecule has 3 aliphatic heterocycles. The van der Waals surface area contributed by atoms with E-state index >= 15 is 0 Å². The third-order valence-electron chi connectivity index (χ3n) is 5.43. The highest BCUT2D eigenvalue weighted by Crippen LogP contribution is 2.47. The molecule has 3 heterocycles. The molecule has 25 heavy (non-hydrogen) atoms. The van der Waals surface area contributed by atoms with Crippen molar-refractivity contribution in [2.75, 3.05) is 33.3 Å². The molecule has 0 amide bonds. The smallest absolute Gasteiger partial charge is 0.193 e. The first kappa shape index (κ1) is 18.7. The van der Waals surface area contributed by atoms with E-state index in [1.165, 1.54) is 25.0 Å². The van der Waals surface area contributed by atoms with Crippen LogP contribution in [0.2, 0.25) is 0 Å². The van der Waals surface area contributed by atoms with Gasteiger partial charge in [0.15, 0.2) is 5.96 Å². The average molecular weight is 461 g/mol. The van der Waals surface area contributed by atoms with Gasteiger partial charge in [-0.3, -0.25) is 4.99 Å². The number of guanidine groups is 1. The maximum atomic E-state index is 12.9. The third-order valence-corrected chi connectivity index (χ3v) is 5.43. The minimum Gasteiger partial charge on any atom is -0.492 e. The zero-order valence-corrected chi connectivity index (χ0v) is 16.7. The summed E-state index contributed by atoms with van der Waals surface area (Å²) in [5.41, 5.74) is 0. The number of fused-ring (bicyclic) bond motifs is 5. The number of hydrogen-bond acceptors (Lipinski definition) is 3. The van der Waals surface area contributed by atoms with E-state index in [1.54, 1.807) is 12.1 Å². The molecule has 1 aromatic carbocycles. The molecule has 7 heteroatoms. The first-order valence-electron chi connectivity index (χ1n) is 8.74. The number of rotatable bonds is 4. The zero-order chi connectivity index (χ0) is 16.5. The number of ether oxygens (including phenoxy) is 2. The van der Waals surface area contributed by atoms with E-state index in [4.69, 9.17) is 9.47 Å².